The average Bonchev–Trinajstić information content (AvgIpc) is 2.15. The van der Waals surface area contributed by atoms with Crippen molar-refractivity contribution in [3.05, 3.63) is 29.3 Å². The molecule has 0 spiro atoms. The van der Waals surface area contributed by atoms with Crippen molar-refractivity contribution < 1.29 is 0 Å². The Labute approximate surface area is 99.2 Å². The van der Waals surface area contributed by atoms with E-state index < -0.39 is 0 Å². The fraction of sp³-hybridized carbons (Fsp3) is 0.571. The average molecular weight is 220 g/mol. The van der Waals surface area contributed by atoms with Crippen LogP contribution in [0.3, 0.4) is 0 Å². The first-order chi connectivity index (χ1) is 7.49. The number of benzene rings is 1. The molecular formula is C14H24N2. The molecule has 0 saturated carbocycles. The van der Waals surface area contributed by atoms with Crippen LogP contribution in [0.2, 0.25) is 0 Å². The summed E-state index contributed by atoms with van der Waals surface area (Å²) >= 11 is 0. The lowest BCUT2D eigenvalue weighted by Crippen LogP contribution is -2.30. The van der Waals surface area contributed by atoms with Crippen LogP contribution in [-0.4, -0.2) is 12.6 Å². The van der Waals surface area contributed by atoms with Gasteiger partial charge in [0, 0.05) is 18.3 Å². The molecule has 0 radical (unpaired) electrons. The summed E-state index contributed by atoms with van der Waals surface area (Å²) < 4.78 is 0. The molecule has 1 unspecified atom stereocenters. The number of nitrogens with one attached hydrogen (secondary N) is 1. The quantitative estimate of drug-likeness (QED) is 0.800. The summed E-state index contributed by atoms with van der Waals surface area (Å²) in [6.45, 7) is 9.50. The van der Waals surface area contributed by atoms with Crippen LogP contribution in [0.15, 0.2) is 18.2 Å². The van der Waals surface area contributed by atoms with Crippen molar-refractivity contribution in [2.24, 2.45) is 11.7 Å². The van der Waals surface area contributed by atoms with Gasteiger partial charge >= 0.3 is 0 Å². The minimum absolute atomic E-state index is 0.237. The summed E-state index contributed by atoms with van der Waals surface area (Å²) in [6, 6.07) is 6.69. The Bertz CT molecular complexity index is 332. The normalized spacial score (nSPS) is 12.9. The van der Waals surface area contributed by atoms with Gasteiger partial charge in [-0.3, -0.25) is 0 Å². The molecule has 0 bridgehead atoms. The molecule has 0 saturated heterocycles. The van der Waals surface area contributed by atoms with Crippen molar-refractivity contribution in [3.8, 4) is 0 Å². The largest absolute Gasteiger partial charge is 0.383 e. The third kappa shape index (κ3) is 4.23. The van der Waals surface area contributed by atoms with E-state index in [0.29, 0.717) is 5.92 Å². The maximum absolute atomic E-state index is 6.04. The van der Waals surface area contributed by atoms with E-state index in [4.69, 9.17) is 5.73 Å². The number of rotatable bonds is 5. The van der Waals surface area contributed by atoms with Crippen LogP contribution in [0, 0.1) is 19.8 Å². The van der Waals surface area contributed by atoms with Gasteiger partial charge in [0.05, 0.1) is 0 Å². The lowest BCUT2D eigenvalue weighted by molar-refractivity contribution is 0.508. The molecule has 0 amide bonds. The SMILES string of the molecule is Cc1ccc(NCC(N)CC(C)C)c(C)c1. The Kier molecular flexibility index (Phi) is 4.81. The van der Waals surface area contributed by atoms with Gasteiger partial charge in [0.15, 0.2) is 0 Å². The first-order valence-electron chi connectivity index (χ1n) is 6.05. The third-order valence-electron chi connectivity index (χ3n) is 2.71. The van der Waals surface area contributed by atoms with Crippen LogP contribution in [0.4, 0.5) is 5.69 Å². The number of aryl methyl sites for hydroxylation is 2. The van der Waals surface area contributed by atoms with Gasteiger partial charge in [-0.15, -0.1) is 0 Å². The zero-order chi connectivity index (χ0) is 12.1. The molecule has 90 valence electrons. The molecule has 16 heavy (non-hydrogen) atoms. The van der Waals surface area contributed by atoms with Gasteiger partial charge in [-0.1, -0.05) is 31.5 Å². The Morgan fingerprint density at radius 3 is 2.50 bits per heavy atom. The van der Waals surface area contributed by atoms with Crippen LogP contribution in [0.1, 0.15) is 31.4 Å². The Balaban J connectivity index is 2.48. The molecule has 0 heterocycles. The molecule has 1 aromatic carbocycles. The van der Waals surface area contributed by atoms with Gasteiger partial charge in [0.2, 0.25) is 0 Å². The van der Waals surface area contributed by atoms with E-state index in [2.05, 4.69) is 51.2 Å². The first-order valence-corrected chi connectivity index (χ1v) is 6.05. The number of hydrogen-bond acceptors (Lipinski definition) is 2. The van der Waals surface area contributed by atoms with E-state index in [1.54, 1.807) is 0 Å². The standard InChI is InChI=1S/C14H24N2/c1-10(2)7-13(15)9-16-14-6-5-11(3)8-12(14)4/h5-6,8,10,13,16H,7,9,15H2,1-4H3. The highest BCUT2D eigenvalue weighted by Gasteiger charge is 2.05. The molecular weight excluding hydrogens is 196 g/mol. The fourth-order valence-electron chi connectivity index (χ4n) is 1.94. The second-order valence-electron chi connectivity index (χ2n) is 5.09. The van der Waals surface area contributed by atoms with Gasteiger partial charge in [-0.05, 0) is 37.8 Å². The fourth-order valence-corrected chi connectivity index (χ4v) is 1.94. The van der Waals surface area contributed by atoms with Crippen molar-refractivity contribution in [2.75, 3.05) is 11.9 Å². The van der Waals surface area contributed by atoms with Crippen molar-refractivity contribution in [2.45, 2.75) is 40.2 Å². The summed E-state index contributed by atoms with van der Waals surface area (Å²) in [4.78, 5) is 0. The zero-order valence-corrected chi connectivity index (χ0v) is 10.9. The second-order valence-corrected chi connectivity index (χ2v) is 5.09. The number of hydrogen-bond donors (Lipinski definition) is 2. The number of nitrogens with two attached hydrogens (primary N) is 1. The summed E-state index contributed by atoms with van der Waals surface area (Å²) in [7, 11) is 0. The first kappa shape index (κ1) is 13.0. The molecule has 1 aromatic rings. The molecule has 2 heteroatoms. The lowest BCUT2D eigenvalue weighted by atomic mass is 10.0. The van der Waals surface area contributed by atoms with Crippen LogP contribution in [0.25, 0.3) is 0 Å². The minimum atomic E-state index is 0.237. The highest BCUT2D eigenvalue weighted by atomic mass is 14.9. The van der Waals surface area contributed by atoms with E-state index >= 15 is 0 Å². The maximum atomic E-state index is 6.04. The molecule has 2 nitrogen and oxygen atoms in total. The maximum Gasteiger partial charge on any atom is 0.0370 e. The predicted octanol–water partition coefficient (Wildman–Crippen LogP) is 3.09. The van der Waals surface area contributed by atoms with Crippen LogP contribution in [0.5, 0.6) is 0 Å². The Morgan fingerprint density at radius 2 is 1.94 bits per heavy atom. The zero-order valence-electron chi connectivity index (χ0n) is 10.9. The van der Waals surface area contributed by atoms with Crippen molar-refractivity contribution in [3.63, 3.8) is 0 Å². The van der Waals surface area contributed by atoms with Crippen LogP contribution in [-0.2, 0) is 0 Å². The second kappa shape index (κ2) is 5.90. The van der Waals surface area contributed by atoms with E-state index in [1.807, 2.05) is 0 Å². The highest BCUT2D eigenvalue weighted by Crippen LogP contribution is 2.16. The molecule has 1 rings (SSSR count). The summed E-state index contributed by atoms with van der Waals surface area (Å²) in [5.41, 5.74) is 9.83. The third-order valence-corrected chi connectivity index (χ3v) is 2.71. The lowest BCUT2D eigenvalue weighted by Gasteiger charge is -2.17. The van der Waals surface area contributed by atoms with Gasteiger partial charge in [0.25, 0.3) is 0 Å². The molecule has 0 aliphatic rings. The Hall–Kier alpha value is -1.02. The summed E-state index contributed by atoms with van der Waals surface area (Å²) in [5.74, 6) is 0.663. The highest BCUT2D eigenvalue weighted by molar-refractivity contribution is 5.51. The molecule has 0 fully saturated rings. The van der Waals surface area contributed by atoms with Crippen LogP contribution < -0.4 is 11.1 Å². The van der Waals surface area contributed by atoms with Crippen molar-refractivity contribution >= 4 is 5.69 Å². The van der Waals surface area contributed by atoms with Crippen molar-refractivity contribution in [1.29, 1.82) is 0 Å². The van der Waals surface area contributed by atoms with Gasteiger partial charge in [-0.2, -0.15) is 0 Å². The van der Waals surface area contributed by atoms with Crippen molar-refractivity contribution in [1.82, 2.24) is 0 Å². The van der Waals surface area contributed by atoms with E-state index in [9.17, 15) is 0 Å². The Morgan fingerprint density at radius 1 is 1.25 bits per heavy atom. The minimum Gasteiger partial charge on any atom is -0.383 e. The predicted molar refractivity (Wildman–Crippen MR) is 71.8 cm³/mol. The molecule has 0 aliphatic heterocycles. The van der Waals surface area contributed by atoms with E-state index in [0.717, 1.165) is 13.0 Å². The molecule has 1 atom stereocenters. The number of anilines is 1. The smallest absolute Gasteiger partial charge is 0.0370 e. The van der Waals surface area contributed by atoms with Gasteiger partial charge in [-0.25, -0.2) is 0 Å². The van der Waals surface area contributed by atoms with Gasteiger partial charge < -0.3 is 11.1 Å². The monoisotopic (exact) mass is 220 g/mol. The van der Waals surface area contributed by atoms with E-state index in [1.165, 1.54) is 16.8 Å². The van der Waals surface area contributed by atoms with Gasteiger partial charge in [0.1, 0.15) is 0 Å². The van der Waals surface area contributed by atoms with Crippen LogP contribution >= 0.6 is 0 Å². The molecule has 3 N–H and O–H groups in total. The molecule has 0 aliphatic carbocycles. The summed E-state index contributed by atoms with van der Waals surface area (Å²) in [5, 5.41) is 3.42. The summed E-state index contributed by atoms with van der Waals surface area (Å²) in [6.07, 6.45) is 1.07. The molecule has 0 aromatic heterocycles. The van der Waals surface area contributed by atoms with E-state index in [-0.39, 0.29) is 6.04 Å². The topological polar surface area (TPSA) is 38.0 Å².